The lowest BCUT2D eigenvalue weighted by molar-refractivity contribution is 0.415. The highest BCUT2D eigenvalue weighted by atomic mass is 19.1. The van der Waals surface area contributed by atoms with E-state index in [0.29, 0.717) is 22.8 Å². The predicted octanol–water partition coefficient (Wildman–Crippen LogP) is 5.57. The van der Waals surface area contributed by atoms with Crippen LogP contribution in [0.5, 0.6) is 5.75 Å². The maximum Gasteiger partial charge on any atom is 0.154 e. The van der Waals surface area contributed by atoms with Gasteiger partial charge in [-0.1, -0.05) is 45.0 Å². The molecule has 0 bridgehead atoms. The van der Waals surface area contributed by atoms with E-state index >= 15 is 0 Å². The summed E-state index contributed by atoms with van der Waals surface area (Å²) in [5.74, 6) is 1.03. The molecule has 1 aliphatic heterocycles. The molecule has 0 aromatic heterocycles. The zero-order valence-electron chi connectivity index (χ0n) is 17.5. The number of nitrogens with zero attached hydrogens (tertiary/aromatic N) is 2. The zero-order valence-corrected chi connectivity index (χ0v) is 17.5. The van der Waals surface area contributed by atoms with Gasteiger partial charge in [0.15, 0.2) is 5.84 Å². The van der Waals surface area contributed by atoms with Gasteiger partial charge in [0, 0.05) is 16.7 Å². The lowest BCUT2D eigenvalue weighted by atomic mass is 9.86. The van der Waals surface area contributed by atoms with Gasteiger partial charge in [-0.3, -0.25) is 5.43 Å². The van der Waals surface area contributed by atoms with Crippen molar-refractivity contribution in [3.05, 3.63) is 94.8 Å². The minimum absolute atomic E-state index is 0.0705. The second-order valence-electron chi connectivity index (χ2n) is 8.25. The van der Waals surface area contributed by atoms with Crippen molar-refractivity contribution >= 4 is 17.2 Å². The molecule has 0 fully saturated rings. The van der Waals surface area contributed by atoms with E-state index in [2.05, 4.69) is 43.4 Å². The van der Waals surface area contributed by atoms with Crippen LogP contribution in [0.4, 0.5) is 10.1 Å². The van der Waals surface area contributed by atoms with Crippen molar-refractivity contribution in [2.45, 2.75) is 26.2 Å². The number of ether oxygens (including phenoxy) is 1. The van der Waals surface area contributed by atoms with Crippen molar-refractivity contribution in [3.63, 3.8) is 0 Å². The number of amidine groups is 1. The smallest absolute Gasteiger partial charge is 0.154 e. The molecular formula is C25H24FN3O. The quantitative estimate of drug-likeness (QED) is 0.624. The van der Waals surface area contributed by atoms with Gasteiger partial charge >= 0.3 is 0 Å². The summed E-state index contributed by atoms with van der Waals surface area (Å²) in [4.78, 5) is 4.75. The Balaban J connectivity index is 1.77. The van der Waals surface area contributed by atoms with E-state index < -0.39 is 0 Å². The van der Waals surface area contributed by atoms with Gasteiger partial charge in [0.05, 0.1) is 12.8 Å². The summed E-state index contributed by atoms with van der Waals surface area (Å²) in [5.41, 5.74) is 8.07. The lowest BCUT2D eigenvalue weighted by Gasteiger charge is -2.19. The number of hydrogen-bond donors (Lipinski definition) is 1. The summed E-state index contributed by atoms with van der Waals surface area (Å²) < 4.78 is 19.3. The molecule has 4 rings (SSSR count). The molecule has 0 amide bonds. The van der Waals surface area contributed by atoms with Crippen LogP contribution in [0, 0.1) is 5.82 Å². The molecule has 0 radical (unpaired) electrons. The Hall–Kier alpha value is -3.47. The summed E-state index contributed by atoms with van der Waals surface area (Å²) in [5, 5.41) is 4.59. The number of halogens is 1. The van der Waals surface area contributed by atoms with E-state index in [0.717, 1.165) is 16.9 Å². The standard InChI is InChI=1S/C25H24FN3O/c1-25(2,3)18-9-5-17(6-10-18)24-27-22-14-11-19(26)15-21(22)23(28-29-24)16-7-12-20(30-4)13-8-16/h5-15H,1-4H3,(H,27,29). The summed E-state index contributed by atoms with van der Waals surface area (Å²) >= 11 is 0. The first-order valence-corrected chi connectivity index (χ1v) is 9.83. The third-order valence-corrected chi connectivity index (χ3v) is 5.11. The minimum Gasteiger partial charge on any atom is -0.497 e. The van der Waals surface area contributed by atoms with Crippen LogP contribution >= 0.6 is 0 Å². The molecule has 0 saturated carbocycles. The summed E-state index contributed by atoms with van der Waals surface area (Å²) in [6.07, 6.45) is 0. The minimum atomic E-state index is -0.330. The van der Waals surface area contributed by atoms with Gasteiger partial charge < -0.3 is 4.74 Å². The van der Waals surface area contributed by atoms with Crippen LogP contribution in [0.25, 0.3) is 0 Å². The third kappa shape index (κ3) is 3.96. The number of rotatable bonds is 3. The Labute approximate surface area is 176 Å². The zero-order chi connectivity index (χ0) is 21.3. The molecule has 4 nitrogen and oxygen atoms in total. The predicted molar refractivity (Wildman–Crippen MR) is 120 cm³/mol. The molecule has 0 atom stereocenters. The maximum absolute atomic E-state index is 14.1. The van der Waals surface area contributed by atoms with E-state index in [4.69, 9.17) is 9.73 Å². The van der Waals surface area contributed by atoms with Crippen molar-refractivity contribution < 1.29 is 9.13 Å². The van der Waals surface area contributed by atoms with Gasteiger partial charge in [0.25, 0.3) is 0 Å². The Morgan fingerprint density at radius 2 is 1.53 bits per heavy atom. The SMILES string of the molecule is COc1ccc(C2=NNC(c3ccc(C(C)(C)C)cc3)=Nc3ccc(F)cc32)cc1. The molecule has 0 saturated heterocycles. The van der Waals surface area contributed by atoms with E-state index in [-0.39, 0.29) is 11.2 Å². The molecule has 152 valence electrons. The Bertz CT molecular complexity index is 1120. The normalized spacial score (nSPS) is 13.5. The second kappa shape index (κ2) is 7.75. The molecule has 1 heterocycles. The molecule has 30 heavy (non-hydrogen) atoms. The first kappa shape index (κ1) is 19.8. The fourth-order valence-corrected chi connectivity index (χ4v) is 3.34. The first-order chi connectivity index (χ1) is 14.3. The van der Waals surface area contributed by atoms with Gasteiger partial charge in [0.2, 0.25) is 0 Å². The van der Waals surface area contributed by atoms with Crippen molar-refractivity contribution in [3.8, 4) is 5.75 Å². The highest BCUT2D eigenvalue weighted by molar-refractivity contribution is 6.18. The Kier molecular flexibility index (Phi) is 5.12. The Morgan fingerprint density at radius 3 is 2.17 bits per heavy atom. The van der Waals surface area contributed by atoms with E-state index in [1.54, 1.807) is 13.2 Å². The van der Waals surface area contributed by atoms with Gasteiger partial charge in [0.1, 0.15) is 17.3 Å². The largest absolute Gasteiger partial charge is 0.497 e. The highest BCUT2D eigenvalue weighted by Crippen LogP contribution is 2.28. The summed E-state index contributed by atoms with van der Waals surface area (Å²) in [6.45, 7) is 6.54. The van der Waals surface area contributed by atoms with Gasteiger partial charge in [-0.15, -0.1) is 0 Å². The van der Waals surface area contributed by atoms with Crippen LogP contribution in [0.2, 0.25) is 0 Å². The van der Waals surface area contributed by atoms with Crippen molar-refractivity contribution in [2.75, 3.05) is 7.11 Å². The highest BCUT2D eigenvalue weighted by Gasteiger charge is 2.19. The number of hydrazone groups is 1. The monoisotopic (exact) mass is 401 g/mol. The topological polar surface area (TPSA) is 46.0 Å². The number of methoxy groups -OCH3 is 1. The van der Waals surface area contributed by atoms with Crippen molar-refractivity contribution in [1.82, 2.24) is 5.43 Å². The van der Waals surface area contributed by atoms with Crippen LogP contribution < -0.4 is 10.2 Å². The molecular weight excluding hydrogens is 377 g/mol. The first-order valence-electron chi connectivity index (χ1n) is 9.83. The molecule has 0 unspecified atom stereocenters. The van der Waals surface area contributed by atoms with Crippen LogP contribution in [-0.2, 0) is 5.41 Å². The van der Waals surface area contributed by atoms with Crippen molar-refractivity contribution in [2.24, 2.45) is 10.1 Å². The van der Waals surface area contributed by atoms with Crippen molar-refractivity contribution in [1.29, 1.82) is 0 Å². The van der Waals surface area contributed by atoms with Gasteiger partial charge in [-0.25, -0.2) is 9.38 Å². The lowest BCUT2D eigenvalue weighted by Crippen LogP contribution is -2.20. The number of hydrogen-bond acceptors (Lipinski definition) is 4. The molecule has 1 aliphatic rings. The molecule has 3 aromatic carbocycles. The fourth-order valence-electron chi connectivity index (χ4n) is 3.34. The van der Waals surface area contributed by atoms with Gasteiger partial charge in [-0.2, -0.15) is 5.10 Å². The fraction of sp³-hybridized carbons (Fsp3) is 0.200. The number of fused-ring (bicyclic) bond motifs is 1. The van der Waals surface area contributed by atoms with Crippen LogP contribution in [-0.4, -0.2) is 18.7 Å². The molecule has 0 aliphatic carbocycles. The summed E-state index contributed by atoms with van der Waals surface area (Å²) in [7, 11) is 1.62. The van der Waals surface area contributed by atoms with E-state index in [9.17, 15) is 4.39 Å². The number of benzene rings is 3. The molecule has 5 heteroatoms. The molecule has 1 N–H and O–H groups in total. The second-order valence-corrected chi connectivity index (χ2v) is 8.25. The number of nitrogens with one attached hydrogen (secondary N) is 1. The summed E-state index contributed by atoms with van der Waals surface area (Å²) in [6, 6.07) is 20.3. The average molecular weight is 401 g/mol. The van der Waals surface area contributed by atoms with Crippen LogP contribution in [0.15, 0.2) is 76.8 Å². The van der Waals surface area contributed by atoms with E-state index in [1.807, 2.05) is 36.4 Å². The molecule has 3 aromatic rings. The molecule has 0 spiro atoms. The van der Waals surface area contributed by atoms with Gasteiger partial charge in [-0.05, 0) is 53.4 Å². The van der Waals surface area contributed by atoms with Crippen LogP contribution in [0.3, 0.4) is 0 Å². The third-order valence-electron chi connectivity index (χ3n) is 5.11. The Morgan fingerprint density at radius 1 is 0.867 bits per heavy atom. The number of aliphatic imine (C=N–C) groups is 1. The maximum atomic E-state index is 14.1. The average Bonchev–Trinajstić information content (AvgIpc) is 2.93. The van der Waals surface area contributed by atoms with Crippen LogP contribution in [0.1, 0.15) is 43.0 Å². The van der Waals surface area contributed by atoms with E-state index in [1.165, 1.54) is 17.7 Å².